The number of anilines is 1. The van der Waals surface area contributed by atoms with Crippen molar-refractivity contribution in [2.45, 2.75) is 18.8 Å². The fraction of sp³-hybridized carbons (Fsp3) is 0.263. The van der Waals surface area contributed by atoms with E-state index in [0.717, 1.165) is 54.1 Å². The Bertz CT molecular complexity index is 1080. The standard InChI is InChI=1S/C19H17ClN6/c20-15-11-14-1-2-16(23-19(14)21-12-15)13-4-8-25(9-5-13)17-6-10-26-18(24-17)3-7-22-26/h1-3,6-7,10-13H,4-5,8-9H2. The van der Waals surface area contributed by atoms with Crippen molar-refractivity contribution in [3.05, 3.63) is 59.6 Å². The molecule has 4 aromatic heterocycles. The van der Waals surface area contributed by atoms with Crippen molar-refractivity contribution < 1.29 is 0 Å². The first-order valence-corrected chi connectivity index (χ1v) is 9.12. The zero-order valence-electron chi connectivity index (χ0n) is 14.1. The van der Waals surface area contributed by atoms with Crippen molar-refractivity contribution in [2.75, 3.05) is 18.0 Å². The van der Waals surface area contributed by atoms with Gasteiger partial charge in [-0.05, 0) is 37.1 Å². The average molecular weight is 365 g/mol. The van der Waals surface area contributed by atoms with E-state index in [1.54, 1.807) is 16.9 Å². The first-order chi connectivity index (χ1) is 12.8. The summed E-state index contributed by atoms with van der Waals surface area (Å²) >= 11 is 6.00. The molecule has 0 amide bonds. The number of fused-ring (bicyclic) bond motifs is 2. The van der Waals surface area contributed by atoms with Crippen molar-refractivity contribution in [1.82, 2.24) is 24.6 Å². The van der Waals surface area contributed by atoms with Gasteiger partial charge in [0.25, 0.3) is 0 Å². The van der Waals surface area contributed by atoms with E-state index in [1.165, 1.54) is 0 Å². The van der Waals surface area contributed by atoms with Gasteiger partial charge in [-0.25, -0.2) is 19.5 Å². The van der Waals surface area contributed by atoms with Crippen LogP contribution < -0.4 is 4.90 Å². The molecule has 0 spiro atoms. The van der Waals surface area contributed by atoms with E-state index in [1.807, 2.05) is 24.4 Å². The maximum atomic E-state index is 6.00. The minimum Gasteiger partial charge on any atom is -0.356 e. The highest BCUT2D eigenvalue weighted by Crippen LogP contribution is 2.30. The van der Waals surface area contributed by atoms with Gasteiger partial charge in [0, 0.05) is 48.5 Å². The molecule has 7 heteroatoms. The van der Waals surface area contributed by atoms with Crippen LogP contribution in [0.25, 0.3) is 16.7 Å². The Morgan fingerprint density at radius 3 is 2.81 bits per heavy atom. The number of aromatic nitrogens is 5. The minimum atomic E-state index is 0.451. The van der Waals surface area contributed by atoms with Crippen LogP contribution in [0.5, 0.6) is 0 Å². The topological polar surface area (TPSA) is 59.2 Å². The zero-order valence-corrected chi connectivity index (χ0v) is 14.8. The minimum absolute atomic E-state index is 0.451. The Balaban J connectivity index is 1.34. The van der Waals surface area contributed by atoms with Gasteiger partial charge in [0.15, 0.2) is 11.3 Å². The van der Waals surface area contributed by atoms with Crippen LogP contribution in [0, 0.1) is 0 Å². The molecule has 6 nitrogen and oxygen atoms in total. The number of rotatable bonds is 2. The molecule has 0 aromatic carbocycles. The highest BCUT2D eigenvalue weighted by atomic mass is 35.5. The first kappa shape index (κ1) is 15.5. The van der Waals surface area contributed by atoms with Gasteiger partial charge < -0.3 is 4.90 Å². The molecule has 0 radical (unpaired) electrons. The van der Waals surface area contributed by atoms with Crippen LogP contribution in [0.1, 0.15) is 24.5 Å². The van der Waals surface area contributed by atoms with Crippen LogP contribution in [0.2, 0.25) is 5.02 Å². The molecule has 1 fully saturated rings. The Hall–Kier alpha value is -2.73. The molecule has 26 heavy (non-hydrogen) atoms. The van der Waals surface area contributed by atoms with Crippen molar-refractivity contribution >= 4 is 34.1 Å². The summed E-state index contributed by atoms with van der Waals surface area (Å²) in [6, 6.07) is 10.0. The fourth-order valence-corrected chi connectivity index (χ4v) is 3.78. The Morgan fingerprint density at radius 2 is 1.92 bits per heavy atom. The van der Waals surface area contributed by atoms with Gasteiger partial charge in [-0.3, -0.25) is 0 Å². The molecule has 0 bridgehead atoms. The molecule has 4 aromatic rings. The zero-order chi connectivity index (χ0) is 17.5. The number of piperidine rings is 1. The summed E-state index contributed by atoms with van der Waals surface area (Å²) in [7, 11) is 0. The van der Waals surface area contributed by atoms with Gasteiger partial charge in [0.05, 0.1) is 11.2 Å². The van der Waals surface area contributed by atoms with Gasteiger partial charge in [0.1, 0.15) is 5.82 Å². The van der Waals surface area contributed by atoms with Crippen LogP contribution in [-0.4, -0.2) is 37.7 Å². The van der Waals surface area contributed by atoms with E-state index in [4.69, 9.17) is 21.6 Å². The van der Waals surface area contributed by atoms with Crippen LogP contribution >= 0.6 is 11.6 Å². The smallest absolute Gasteiger partial charge is 0.159 e. The molecule has 0 unspecified atom stereocenters. The summed E-state index contributed by atoms with van der Waals surface area (Å²) in [6.45, 7) is 1.94. The van der Waals surface area contributed by atoms with Crippen LogP contribution in [0.15, 0.2) is 48.9 Å². The number of pyridine rings is 2. The summed E-state index contributed by atoms with van der Waals surface area (Å²) in [5, 5.41) is 5.83. The van der Waals surface area contributed by atoms with Crippen LogP contribution in [0.4, 0.5) is 5.82 Å². The molecule has 5 heterocycles. The summed E-state index contributed by atoms with van der Waals surface area (Å²) in [5.74, 6) is 1.46. The monoisotopic (exact) mass is 364 g/mol. The molecular formula is C19H17ClN6. The molecule has 0 saturated carbocycles. The molecular weight excluding hydrogens is 348 g/mol. The molecule has 5 rings (SSSR count). The fourth-order valence-electron chi connectivity index (χ4n) is 3.61. The predicted molar refractivity (Wildman–Crippen MR) is 102 cm³/mol. The Morgan fingerprint density at radius 1 is 1.04 bits per heavy atom. The third-order valence-corrected chi connectivity index (χ3v) is 5.22. The third kappa shape index (κ3) is 2.76. The second-order valence-electron chi connectivity index (χ2n) is 6.62. The Labute approximate surface area is 155 Å². The second-order valence-corrected chi connectivity index (χ2v) is 7.05. The number of hydrogen-bond donors (Lipinski definition) is 0. The summed E-state index contributed by atoms with van der Waals surface area (Å²) < 4.78 is 1.79. The van der Waals surface area contributed by atoms with E-state index >= 15 is 0 Å². The molecule has 1 aliphatic heterocycles. The van der Waals surface area contributed by atoms with Crippen LogP contribution in [-0.2, 0) is 0 Å². The molecule has 1 saturated heterocycles. The molecule has 0 N–H and O–H groups in total. The maximum absolute atomic E-state index is 6.00. The highest BCUT2D eigenvalue weighted by Gasteiger charge is 2.23. The lowest BCUT2D eigenvalue weighted by Crippen LogP contribution is -2.33. The Kier molecular flexibility index (Phi) is 3.71. The lowest BCUT2D eigenvalue weighted by Gasteiger charge is -2.32. The maximum Gasteiger partial charge on any atom is 0.159 e. The lowest BCUT2D eigenvalue weighted by molar-refractivity contribution is 0.494. The highest BCUT2D eigenvalue weighted by molar-refractivity contribution is 6.31. The number of halogens is 1. The third-order valence-electron chi connectivity index (χ3n) is 5.01. The van der Waals surface area contributed by atoms with Crippen molar-refractivity contribution in [3.8, 4) is 0 Å². The van der Waals surface area contributed by atoms with Crippen molar-refractivity contribution in [1.29, 1.82) is 0 Å². The average Bonchev–Trinajstić information content (AvgIpc) is 3.15. The summed E-state index contributed by atoms with van der Waals surface area (Å²) in [5.41, 5.74) is 2.76. The predicted octanol–water partition coefficient (Wildman–Crippen LogP) is 3.71. The van der Waals surface area contributed by atoms with Crippen molar-refractivity contribution in [3.63, 3.8) is 0 Å². The van der Waals surface area contributed by atoms with E-state index in [0.29, 0.717) is 10.9 Å². The first-order valence-electron chi connectivity index (χ1n) is 8.74. The molecule has 0 atom stereocenters. The molecule has 0 aliphatic carbocycles. The van der Waals surface area contributed by atoms with E-state index in [2.05, 4.69) is 27.1 Å². The van der Waals surface area contributed by atoms with Gasteiger partial charge in [0.2, 0.25) is 0 Å². The SMILES string of the molecule is Clc1cnc2nc(C3CCN(c4ccn5nccc5n4)CC3)ccc2c1. The van der Waals surface area contributed by atoms with Crippen molar-refractivity contribution in [2.24, 2.45) is 0 Å². The van der Waals surface area contributed by atoms with E-state index < -0.39 is 0 Å². The summed E-state index contributed by atoms with van der Waals surface area (Å²) in [4.78, 5) is 16.1. The number of nitrogens with zero attached hydrogens (tertiary/aromatic N) is 6. The summed E-state index contributed by atoms with van der Waals surface area (Å²) in [6.07, 6.45) is 7.49. The van der Waals surface area contributed by atoms with Gasteiger partial charge in [-0.2, -0.15) is 5.10 Å². The second kappa shape index (κ2) is 6.21. The molecule has 130 valence electrons. The number of hydrogen-bond acceptors (Lipinski definition) is 5. The largest absolute Gasteiger partial charge is 0.356 e. The van der Waals surface area contributed by atoms with Gasteiger partial charge >= 0.3 is 0 Å². The van der Waals surface area contributed by atoms with Gasteiger partial charge in [-0.15, -0.1) is 0 Å². The van der Waals surface area contributed by atoms with E-state index in [9.17, 15) is 0 Å². The van der Waals surface area contributed by atoms with Gasteiger partial charge in [-0.1, -0.05) is 11.6 Å². The lowest BCUT2D eigenvalue weighted by atomic mass is 9.93. The van der Waals surface area contributed by atoms with E-state index in [-0.39, 0.29) is 0 Å². The normalized spacial score (nSPS) is 15.8. The van der Waals surface area contributed by atoms with Crippen LogP contribution in [0.3, 0.4) is 0 Å². The quantitative estimate of drug-likeness (QED) is 0.542. The molecule has 1 aliphatic rings.